The van der Waals surface area contributed by atoms with Crippen molar-refractivity contribution >= 4 is 34.5 Å². The molecule has 1 amide bonds. The summed E-state index contributed by atoms with van der Waals surface area (Å²) in [5.74, 6) is 0.0820. The first-order chi connectivity index (χ1) is 12.0. The van der Waals surface area contributed by atoms with E-state index in [0.717, 1.165) is 11.3 Å². The van der Waals surface area contributed by atoms with Crippen molar-refractivity contribution in [1.82, 2.24) is 19.5 Å². The van der Waals surface area contributed by atoms with Crippen molar-refractivity contribution in [3.63, 3.8) is 0 Å². The van der Waals surface area contributed by atoms with Crippen LogP contribution in [0.3, 0.4) is 0 Å². The second-order valence-electron chi connectivity index (χ2n) is 5.68. The van der Waals surface area contributed by atoms with Crippen LogP contribution < -0.4 is 10.9 Å². The quantitative estimate of drug-likeness (QED) is 0.685. The van der Waals surface area contributed by atoms with Crippen LogP contribution in [-0.2, 0) is 11.3 Å². The van der Waals surface area contributed by atoms with Crippen molar-refractivity contribution in [1.29, 1.82) is 0 Å². The van der Waals surface area contributed by atoms with Gasteiger partial charge < -0.3 is 14.9 Å². The molecular weight excluding hydrogens is 338 g/mol. The molecule has 0 spiro atoms. The smallest absolute Gasteiger partial charge is 0.278 e. The average Bonchev–Trinajstić information content (AvgIpc) is 2.95. The molecule has 0 unspecified atom stereocenters. The number of hydrogen-bond acceptors (Lipinski definition) is 5. The molecule has 7 nitrogen and oxygen atoms in total. The highest BCUT2D eigenvalue weighted by molar-refractivity contribution is 7.99. The van der Waals surface area contributed by atoms with Crippen molar-refractivity contribution in [2.75, 3.05) is 11.1 Å². The number of amides is 1. The fourth-order valence-electron chi connectivity index (χ4n) is 2.47. The third kappa shape index (κ3) is 3.58. The molecule has 0 saturated carbocycles. The molecular formula is C17H19N5O2S. The van der Waals surface area contributed by atoms with Crippen molar-refractivity contribution in [3.05, 3.63) is 46.0 Å². The lowest BCUT2D eigenvalue weighted by Gasteiger charge is -2.08. The van der Waals surface area contributed by atoms with E-state index < -0.39 is 0 Å². The molecule has 8 heteroatoms. The number of nitrogens with zero attached hydrogens (tertiary/aromatic N) is 3. The summed E-state index contributed by atoms with van der Waals surface area (Å²) >= 11 is 1.29. The van der Waals surface area contributed by atoms with E-state index in [2.05, 4.69) is 20.3 Å². The van der Waals surface area contributed by atoms with Crippen LogP contribution in [0.4, 0.5) is 5.69 Å². The molecule has 0 bridgehead atoms. The van der Waals surface area contributed by atoms with Crippen LogP contribution in [-0.4, -0.2) is 31.2 Å². The first-order valence-corrected chi connectivity index (χ1v) is 8.92. The summed E-state index contributed by atoms with van der Waals surface area (Å²) in [6, 6.07) is 5.81. The number of carbonyl (C=O) groups excluding carboxylic acids is 1. The number of thioether (sulfide) groups is 1. The van der Waals surface area contributed by atoms with Crippen LogP contribution in [0.1, 0.15) is 18.1 Å². The molecule has 1 aromatic carbocycles. The van der Waals surface area contributed by atoms with E-state index in [9.17, 15) is 9.59 Å². The van der Waals surface area contributed by atoms with E-state index in [4.69, 9.17) is 0 Å². The minimum atomic E-state index is -0.279. The largest absolute Gasteiger partial charge is 0.325 e. The maximum absolute atomic E-state index is 12.2. The predicted molar refractivity (Wildman–Crippen MR) is 99.1 cm³/mol. The Morgan fingerprint density at radius 2 is 2.12 bits per heavy atom. The first kappa shape index (κ1) is 17.2. The van der Waals surface area contributed by atoms with Crippen molar-refractivity contribution in [3.8, 4) is 0 Å². The molecule has 3 aromatic rings. The summed E-state index contributed by atoms with van der Waals surface area (Å²) in [5.41, 5.74) is 3.63. The van der Waals surface area contributed by atoms with Gasteiger partial charge in [0, 0.05) is 12.2 Å². The van der Waals surface area contributed by atoms with Gasteiger partial charge in [0.15, 0.2) is 16.3 Å². The molecule has 3 rings (SSSR count). The van der Waals surface area contributed by atoms with Crippen LogP contribution in [0, 0.1) is 13.8 Å². The number of anilines is 1. The number of aromatic amines is 1. The highest BCUT2D eigenvalue weighted by Crippen LogP contribution is 2.21. The highest BCUT2D eigenvalue weighted by Gasteiger charge is 2.15. The molecule has 130 valence electrons. The Labute approximate surface area is 148 Å². The highest BCUT2D eigenvalue weighted by atomic mass is 32.2. The molecule has 0 aliphatic rings. The SMILES string of the molecule is CCn1c(SCC(=O)Nc2ccc(C)c(C)c2)nc2c(=O)[nH]cnc21. The number of benzene rings is 1. The average molecular weight is 357 g/mol. The lowest BCUT2D eigenvalue weighted by molar-refractivity contribution is -0.113. The molecule has 0 aliphatic heterocycles. The first-order valence-electron chi connectivity index (χ1n) is 7.93. The normalized spacial score (nSPS) is 11.0. The summed E-state index contributed by atoms with van der Waals surface area (Å²) < 4.78 is 1.83. The summed E-state index contributed by atoms with van der Waals surface area (Å²) in [6.07, 6.45) is 1.36. The van der Waals surface area contributed by atoms with Gasteiger partial charge in [-0.15, -0.1) is 0 Å². The standard InChI is InChI=1S/C17H19N5O2S/c1-4-22-15-14(16(24)19-9-18-15)21-17(22)25-8-13(23)20-12-6-5-10(2)11(3)7-12/h5-7,9H,4,8H2,1-3H3,(H,20,23)(H,18,19,24). The van der Waals surface area contributed by atoms with Crippen LogP contribution in [0.15, 0.2) is 34.5 Å². The number of imidazole rings is 1. The minimum Gasteiger partial charge on any atom is -0.325 e. The van der Waals surface area contributed by atoms with Gasteiger partial charge in [-0.3, -0.25) is 9.59 Å². The monoisotopic (exact) mass is 357 g/mol. The van der Waals surface area contributed by atoms with E-state index in [1.54, 1.807) is 0 Å². The Morgan fingerprint density at radius 3 is 2.84 bits per heavy atom. The number of aryl methyl sites for hydroxylation is 3. The summed E-state index contributed by atoms with van der Waals surface area (Å²) in [6.45, 7) is 6.60. The van der Waals surface area contributed by atoms with Crippen molar-refractivity contribution in [2.24, 2.45) is 0 Å². The third-order valence-corrected chi connectivity index (χ3v) is 4.92. The van der Waals surface area contributed by atoms with Gasteiger partial charge in [0.1, 0.15) is 0 Å². The Bertz CT molecular complexity index is 992. The van der Waals surface area contributed by atoms with E-state index in [-0.39, 0.29) is 17.2 Å². The number of rotatable bonds is 5. The Morgan fingerprint density at radius 1 is 1.32 bits per heavy atom. The molecule has 0 atom stereocenters. The summed E-state index contributed by atoms with van der Waals surface area (Å²) in [5, 5.41) is 3.49. The molecule has 0 aliphatic carbocycles. The van der Waals surface area contributed by atoms with Crippen molar-refractivity contribution < 1.29 is 4.79 Å². The second-order valence-corrected chi connectivity index (χ2v) is 6.62. The van der Waals surface area contributed by atoms with Gasteiger partial charge in [0.25, 0.3) is 5.56 Å². The van der Waals surface area contributed by atoms with Gasteiger partial charge >= 0.3 is 0 Å². The Kier molecular flexibility index (Phi) is 4.89. The number of fused-ring (bicyclic) bond motifs is 1. The number of nitrogens with one attached hydrogen (secondary N) is 2. The zero-order valence-corrected chi connectivity index (χ0v) is 15.1. The maximum Gasteiger partial charge on any atom is 0.278 e. The Hall–Kier alpha value is -2.61. The van der Waals surface area contributed by atoms with E-state index >= 15 is 0 Å². The molecule has 2 aromatic heterocycles. The van der Waals surface area contributed by atoms with Crippen molar-refractivity contribution in [2.45, 2.75) is 32.5 Å². The molecule has 0 fully saturated rings. The maximum atomic E-state index is 12.2. The molecule has 2 heterocycles. The van der Waals surface area contributed by atoms with Crippen LogP contribution >= 0.6 is 11.8 Å². The zero-order chi connectivity index (χ0) is 18.0. The molecule has 2 N–H and O–H groups in total. The van der Waals surface area contributed by atoms with Gasteiger partial charge in [-0.1, -0.05) is 17.8 Å². The predicted octanol–water partition coefficient (Wildman–Crippen LogP) is 2.49. The Balaban J connectivity index is 1.73. The third-order valence-electron chi connectivity index (χ3n) is 3.94. The van der Waals surface area contributed by atoms with Gasteiger partial charge in [0.2, 0.25) is 5.91 Å². The minimum absolute atomic E-state index is 0.121. The van der Waals surface area contributed by atoms with E-state index in [1.165, 1.54) is 23.7 Å². The lowest BCUT2D eigenvalue weighted by Crippen LogP contribution is -2.14. The summed E-state index contributed by atoms with van der Waals surface area (Å²) in [7, 11) is 0. The van der Waals surface area contributed by atoms with E-state index in [0.29, 0.717) is 22.9 Å². The van der Waals surface area contributed by atoms with Crippen LogP contribution in [0.5, 0.6) is 0 Å². The number of H-pyrrole nitrogens is 1. The lowest BCUT2D eigenvalue weighted by atomic mass is 10.1. The fourth-order valence-corrected chi connectivity index (χ4v) is 3.33. The van der Waals surface area contributed by atoms with E-state index in [1.807, 2.05) is 43.5 Å². The van der Waals surface area contributed by atoms with Gasteiger partial charge in [-0.2, -0.15) is 0 Å². The molecule has 0 radical (unpaired) electrons. The van der Waals surface area contributed by atoms with Gasteiger partial charge in [-0.25, -0.2) is 9.97 Å². The topological polar surface area (TPSA) is 92.7 Å². The fraction of sp³-hybridized carbons (Fsp3) is 0.294. The van der Waals surface area contributed by atoms with Gasteiger partial charge in [-0.05, 0) is 44.0 Å². The molecule has 0 saturated heterocycles. The number of aromatic nitrogens is 4. The van der Waals surface area contributed by atoms with Gasteiger partial charge in [0.05, 0.1) is 12.1 Å². The number of hydrogen-bond donors (Lipinski definition) is 2. The number of carbonyl (C=O) groups is 1. The van der Waals surface area contributed by atoms with Crippen LogP contribution in [0.2, 0.25) is 0 Å². The summed E-state index contributed by atoms with van der Waals surface area (Å²) in [4.78, 5) is 35.1. The zero-order valence-electron chi connectivity index (χ0n) is 14.3. The second kappa shape index (κ2) is 7.10. The van der Waals surface area contributed by atoms with Crippen LogP contribution in [0.25, 0.3) is 11.2 Å². The molecule has 25 heavy (non-hydrogen) atoms.